The number of hydrogen-bond donors (Lipinski definition) is 2. The highest BCUT2D eigenvalue weighted by Crippen LogP contribution is 2.43. The molecule has 0 aromatic rings. The van der Waals surface area contributed by atoms with Gasteiger partial charge in [-0.3, -0.25) is 4.57 Å². The van der Waals surface area contributed by atoms with Crippen LogP contribution in [0.3, 0.4) is 0 Å². The third kappa shape index (κ3) is 2.94. The van der Waals surface area contributed by atoms with Crippen molar-refractivity contribution in [2.45, 2.75) is 30.2 Å². The molecule has 3 aliphatic heterocycles. The minimum absolute atomic E-state index is 0.176. The van der Waals surface area contributed by atoms with Crippen LogP contribution in [0, 0.1) is 0 Å². The predicted molar refractivity (Wildman–Crippen MR) is 67.8 cm³/mol. The van der Waals surface area contributed by atoms with E-state index in [9.17, 15) is 4.57 Å². The Balaban J connectivity index is 2.25. The predicted octanol–water partition coefficient (Wildman–Crippen LogP) is 0.465. The van der Waals surface area contributed by atoms with Gasteiger partial charge in [0.05, 0.1) is 12.7 Å². The van der Waals surface area contributed by atoms with Crippen LogP contribution in [0.5, 0.6) is 0 Å². The van der Waals surface area contributed by atoms with Gasteiger partial charge in [-0.25, -0.2) is 0 Å². The molecule has 3 fully saturated rings. The van der Waals surface area contributed by atoms with Crippen molar-refractivity contribution in [1.29, 1.82) is 0 Å². The molecule has 2 N–H and O–H groups in total. The zero-order chi connectivity index (χ0) is 12.7. The summed E-state index contributed by atoms with van der Waals surface area (Å²) in [6.07, 6.45) is 1.27. The SMILES string of the molecule is [B]C1O[C@@]2(/C=C/P(=O)(O)O)COC1C[C@@H]2OI. The van der Waals surface area contributed by atoms with E-state index < -0.39 is 19.2 Å². The van der Waals surface area contributed by atoms with E-state index in [1.165, 1.54) is 6.08 Å². The van der Waals surface area contributed by atoms with Gasteiger partial charge in [-0.1, -0.05) is 0 Å². The van der Waals surface area contributed by atoms with Crippen molar-refractivity contribution in [3.8, 4) is 0 Å². The van der Waals surface area contributed by atoms with E-state index in [-0.39, 0.29) is 18.8 Å². The Morgan fingerprint density at radius 3 is 2.82 bits per heavy atom. The first-order valence-corrected chi connectivity index (χ1v) is 7.50. The Kier molecular flexibility index (Phi) is 4.05. The standard InChI is InChI=1S/C8H11BIO6P/c9-7-5-3-6(16-10)8(15-7,4-14-5)1-2-17(11,12)13/h1-2,5-7H,3-4H2,(H2,11,12,13)/b2-1+/t5?,6-,7?,8-/m0/s1. The van der Waals surface area contributed by atoms with Crippen LogP contribution >= 0.6 is 30.6 Å². The summed E-state index contributed by atoms with van der Waals surface area (Å²) in [4.78, 5) is 17.7. The largest absolute Gasteiger partial charge is 0.373 e. The van der Waals surface area contributed by atoms with Crippen molar-refractivity contribution >= 4 is 38.4 Å². The van der Waals surface area contributed by atoms with Crippen molar-refractivity contribution in [2.24, 2.45) is 0 Å². The molecule has 0 aromatic heterocycles. The minimum Gasteiger partial charge on any atom is -0.373 e. The number of fused-ring (bicyclic) bond motifs is 3. The average Bonchev–Trinajstić information content (AvgIpc) is 2.26. The van der Waals surface area contributed by atoms with Crippen molar-refractivity contribution in [3.05, 3.63) is 11.9 Å². The molecule has 0 amide bonds. The molecule has 3 saturated heterocycles. The molecule has 0 spiro atoms. The molecule has 17 heavy (non-hydrogen) atoms. The van der Waals surface area contributed by atoms with Crippen LogP contribution in [0.1, 0.15) is 6.42 Å². The lowest BCUT2D eigenvalue weighted by molar-refractivity contribution is -0.257. The van der Waals surface area contributed by atoms with Crippen LogP contribution in [0.15, 0.2) is 11.9 Å². The number of rotatable bonds is 3. The molecule has 4 atom stereocenters. The van der Waals surface area contributed by atoms with Crippen molar-refractivity contribution in [2.75, 3.05) is 6.61 Å². The monoisotopic (exact) mass is 372 g/mol. The van der Waals surface area contributed by atoms with Gasteiger partial charge in [-0.15, -0.1) is 0 Å². The normalized spacial score (nSPS) is 42.2. The van der Waals surface area contributed by atoms with Gasteiger partial charge in [0.1, 0.15) is 42.6 Å². The summed E-state index contributed by atoms with van der Waals surface area (Å²) < 4.78 is 27.1. The molecule has 0 saturated carbocycles. The second-order valence-corrected chi connectivity index (χ2v) is 6.09. The van der Waals surface area contributed by atoms with Crippen molar-refractivity contribution in [3.63, 3.8) is 0 Å². The van der Waals surface area contributed by atoms with Crippen LogP contribution in [-0.2, 0) is 17.1 Å². The summed E-state index contributed by atoms with van der Waals surface area (Å²) >= 11 is 1.74. The Morgan fingerprint density at radius 1 is 1.59 bits per heavy atom. The van der Waals surface area contributed by atoms with E-state index in [1.807, 2.05) is 0 Å². The minimum atomic E-state index is -4.24. The van der Waals surface area contributed by atoms with Crippen molar-refractivity contribution < 1.29 is 26.9 Å². The fourth-order valence-electron chi connectivity index (χ4n) is 2.01. The van der Waals surface area contributed by atoms with Gasteiger partial charge >= 0.3 is 7.60 Å². The molecule has 2 unspecified atom stereocenters. The molecule has 9 heteroatoms. The highest BCUT2D eigenvalue weighted by molar-refractivity contribution is 14.1. The van der Waals surface area contributed by atoms with Gasteiger partial charge in [0.25, 0.3) is 0 Å². The lowest BCUT2D eigenvalue weighted by atomic mass is 9.78. The van der Waals surface area contributed by atoms with Crippen LogP contribution in [0.2, 0.25) is 0 Å². The Hall–Kier alpha value is 0.565. The number of hydrogen-bond acceptors (Lipinski definition) is 4. The second-order valence-electron chi connectivity index (χ2n) is 4.11. The molecular weight excluding hydrogens is 361 g/mol. The molecule has 0 aliphatic carbocycles. The maximum atomic E-state index is 10.9. The molecule has 2 radical (unpaired) electrons. The van der Waals surface area contributed by atoms with E-state index >= 15 is 0 Å². The first-order valence-electron chi connectivity index (χ1n) is 4.94. The molecule has 3 aliphatic rings. The summed E-state index contributed by atoms with van der Waals surface area (Å²) in [6, 6.07) is -0.604. The fourth-order valence-corrected chi connectivity index (χ4v) is 3.09. The molecule has 0 aromatic carbocycles. The maximum absolute atomic E-state index is 10.9. The zero-order valence-electron chi connectivity index (χ0n) is 8.73. The highest BCUT2D eigenvalue weighted by Gasteiger charge is 2.52. The molecule has 94 valence electrons. The van der Waals surface area contributed by atoms with E-state index in [1.54, 1.807) is 23.0 Å². The van der Waals surface area contributed by atoms with Gasteiger partial charge in [0, 0.05) is 18.2 Å². The van der Waals surface area contributed by atoms with Crippen LogP contribution in [0.4, 0.5) is 0 Å². The smallest absolute Gasteiger partial charge is 0.348 e. The summed E-state index contributed by atoms with van der Waals surface area (Å²) in [5.74, 6) is 0.803. The topological polar surface area (TPSA) is 85.2 Å². The average molecular weight is 372 g/mol. The third-order valence-electron chi connectivity index (χ3n) is 2.89. The first-order chi connectivity index (χ1) is 7.86. The Morgan fingerprint density at radius 2 is 2.29 bits per heavy atom. The second kappa shape index (κ2) is 4.92. The van der Waals surface area contributed by atoms with Gasteiger partial charge in [0.2, 0.25) is 0 Å². The molecule has 3 rings (SSSR count). The molecule has 2 bridgehead atoms. The first kappa shape index (κ1) is 14.0. The zero-order valence-corrected chi connectivity index (χ0v) is 11.8. The highest BCUT2D eigenvalue weighted by atomic mass is 127. The van der Waals surface area contributed by atoms with E-state index in [0.717, 1.165) is 5.82 Å². The fraction of sp³-hybridized carbons (Fsp3) is 0.750. The summed E-state index contributed by atoms with van der Waals surface area (Å²) in [5, 5.41) is 0. The maximum Gasteiger partial charge on any atom is 0.348 e. The Bertz CT molecular complexity index is 373. The van der Waals surface area contributed by atoms with Crippen LogP contribution < -0.4 is 0 Å². The number of halogens is 1. The van der Waals surface area contributed by atoms with Gasteiger partial charge < -0.3 is 22.3 Å². The quantitative estimate of drug-likeness (QED) is 0.426. The van der Waals surface area contributed by atoms with Crippen molar-refractivity contribution in [1.82, 2.24) is 0 Å². The summed E-state index contributed by atoms with van der Waals surface area (Å²) in [7, 11) is 1.49. The molecule has 3 heterocycles. The van der Waals surface area contributed by atoms with Crippen LogP contribution in [0.25, 0.3) is 0 Å². The van der Waals surface area contributed by atoms with E-state index in [2.05, 4.69) is 0 Å². The van der Waals surface area contributed by atoms with E-state index in [0.29, 0.717) is 6.42 Å². The Labute approximate surface area is 114 Å². The van der Waals surface area contributed by atoms with Gasteiger partial charge in [0.15, 0.2) is 0 Å². The van der Waals surface area contributed by atoms with Crippen LogP contribution in [-0.4, -0.2) is 48.1 Å². The van der Waals surface area contributed by atoms with Gasteiger partial charge in [-0.2, -0.15) is 0 Å². The van der Waals surface area contributed by atoms with Gasteiger partial charge in [-0.05, 0) is 6.08 Å². The summed E-state index contributed by atoms with van der Waals surface area (Å²) in [5.41, 5.74) is -1.02. The number of ether oxygens (including phenoxy) is 2. The molecule has 6 nitrogen and oxygen atoms in total. The lowest BCUT2D eigenvalue weighted by Crippen LogP contribution is -2.64. The lowest BCUT2D eigenvalue weighted by Gasteiger charge is -2.52. The third-order valence-corrected chi connectivity index (χ3v) is 4.05. The molecular formula is C8H11BIO6P. The summed E-state index contributed by atoms with van der Waals surface area (Å²) in [6.45, 7) is 0.176. The van der Waals surface area contributed by atoms with E-state index in [4.69, 9.17) is 30.2 Å².